The van der Waals surface area contributed by atoms with Crippen LogP contribution in [0.5, 0.6) is 6.01 Å². The Morgan fingerprint density at radius 2 is 2.37 bits per heavy atom. The van der Waals surface area contributed by atoms with Crippen molar-refractivity contribution >= 4 is 0 Å². The number of ether oxygens (including phenoxy) is 2. The van der Waals surface area contributed by atoms with Crippen molar-refractivity contribution < 1.29 is 14.6 Å². The van der Waals surface area contributed by atoms with E-state index in [0.717, 1.165) is 25.7 Å². The molecule has 6 nitrogen and oxygen atoms in total. The number of aliphatic hydroxyl groups excluding tert-OH is 1. The summed E-state index contributed by atoms with van der Waals surface area (Å²) in [7, 11) is 0. The lowest BCUT2D eigenvalue weighted by atomic mass is 10.3. The Balaban J connectivity index is 1.50. The minimum absolute atomic E-state index is 0.0794. The maximum Gasteiger partial charge on any atom is 0.316 e. The van der Waals surface area contributed by atoms with Crippen molar-refractivity contribution in [3.8, 4) is 6.01 Å². The fraction of sp³-hybridized carbons (Fsp3) is 0.692. The van der Waals surface area contributed by atoms with Gasteiger partial charge in [0.05, 0.1) is 18.9 Å². The molecule has 0 spiro atoms. The SMILES string of the molecule is OCc1ccnc(OCC2CN(C3CC3)CCO2)n1. The lowest BCUT2D eigenvalue weighted by Crippen LogP contribution is -2.45. The molecule has 1 aliphatic carbocycles. The Morgan fingerprint density at radius 1 is 1.47 bits per heavy atom. The minimum Gasteiger partial charge on any atom is -0.461 e. The molecule has 1 unspecified atom stereocenters. The number of aliphatic hydroxyl groups is 1. The van der Waals surface area contributed by atoms with Crippen molar-refractivity contribution in [1.82, 2.24) is 14.9 Å². The molecule has 2 heterocycles. The average Bonchev–Trinajstić information content (AvgIpc) is 3.30. The fourth-order valence-corrected chi connectivity index (χ4v) is 2.32. The standard InChI is InChI=1S/C13H19N3O3/c17-8-10-3-4-14-13(15-10)19-9-12-7-16(5-6-18-12)11-1-2-11/h3-4,11-12,17H,1-2,5-9H2. The zero-order chi connectivity index (χ0) is 13.1. The van der Waals surface area contributed by atoms with Gasteiger partial charge in [-0.25, -0.2) is 4.98 Å². The third kappa shape index (κ3) is 3.40. The van der Waals surface area contributed by atoms with Crippen LogP contribution in [0.1, 0.15) is 18.5 Å². The molecule has 1 atom stereocenters. The summed E-state index contributed by atoms with van der Waals surface area (Å²) in [5, 5.41) is 9.00. The normalized spacial score (nSPS) is 24.4. The quantitative estimate of drug-likeness (QED) is 0.821. The number of hydrogen-bond acceptors (Lipinski definition) is 6. The second-order valence-corrected chi connectivity index (χ2v) is 5.02. The van der Waals surface area contributed by atoms with E-state index in [1.54, 1.807) is 12.3 Å². The molecule has 0 amide bonds. The van der Waals surface area contributed by atoms with Crippen molar-refractivity contribution in [3.05, 3.63) is 18.0 Å². The van der Waals surface area contributed by atoms with Crippen LogP contribution in [-0.2, 0) is 11.3 Å². The molecule has 2 fully saturated rings. The molecule has 1 aromatic rings. The van der Waals surface area contributed by atoms with E-state index in [1.165, 1.54) is 12.8 Å². The summed E-state index contributed by atoms with van der Waals surface area (Å²) in [5.41, 5.74) is 0.564. The van der Waals surface area contributed by atoms with Crippen molar-refractivity contribution in [2.75, 3.05) is 26.3 Å². The average molecular weight is 265 g/mol. The van der Waals surface area contributed by atoms with Crippen LogP contribution in [-0.4, -0.2) is 58.4 Å². The number of hydrogen-bond donors (Lipinski definition) is 1. The molecule has 0 bridgehead atoms. The van der Waals surface area contributed by atoms with Gasteiger partial charge in [0.1, 0.15) is 12.7 Å². The smallest absolute Gasteiger partial charge is 0.316 e. The zero-order valence-corrected chi connectivity index (χ0v) is 10.9. The van der Waals surface area contributed by atoms with Crippen molar-refractivity contribution in [2.24, 2.45) is 0 Å². The van der Waals surface area contributed by atoms with Crippen LogP contribution in [0.2, 0.25) is 0 Å². The van der Waals surface area contributed by atoms with E-state index in [0.29, 0.717) is 18.3 Å². The Labute approximate surface area is 112 Å². The van der Waals surface area contributed by atoms with Gasteiger partial charge in [-0.3, -0.25) is 4.90 Å². The van der Waals surface area contributed by atoms with Crippen LogP contribution in [0.25, 0.3) is 0 Å². The second kappa shape index (κ2) is 5.81. The first-order chi connectivity index (χ1) is 9.35. The molecule has 0 aromatic carbocycles. The van der Waals surface area contributed by atoms with Gasteiger partial charge in [0, 0.05) is 25.3 Å². The van der Waals surface area contributed by atoms with E-state index in [-0.39, 0.29) is 12.7 Å². The van der Waals surface area contributed by atoms with Gasteiger partial charge in [0.2, 0.25) is 0 Å². The molecule has 1 saturated carbocycles. The lowest BCUT2D eigenvalue weighted by Gasteiger charge is -2.32. The predicted molar refractivity (Wildman–Crippen MR) is 67.8 cm³/mol. The largest absolute Gasteiger partial charge is 0.461 e. The number of nitrogens with zero attached hydrogens (tertiary/aromatic N) is 3. The van der Waals surface area contributed by atoms with Gasteiger partial charge >= 0.3 is 6.01 Å². The van der Waals surface area contributed by atoms with Gasteiger partial charge in [0.15, 0.2) is 0 Å². The Hall–Kier alpha value is -1.24. The van der Waals surface area contributed by atoms with E-state index in [1.807, 2.05) is 0 Å². The summed E-state index contributed by atoms with van der Waals surface area (Å²) in [5.74, 6) is 0. The highest BCUT2D eigenvalue weighted by Crippen LogP contribution is 2.28. The summed E-state index contributed by atoms with van der Waals surface area (Å²) in [6.07, 6.45) is 4.30. The van der Waals surface area contributed by atoms with E-state index in [4.69, 9.17) is 14.6 Å². The van der Waals surface area contributed by atoms with Gasteiger partial charge in [-0.15, -0.1) is 0 Å². The Bertz CT molecular complexity index is 425. The van der Waals surface area contributed by atoms with E-state index < -0.39 is 0 Å². The maximum atomic E-state index is 9.00. The van der Waals surface area contributed by atoms with Crippen molar-refractivity contribution in [1.29, 1.82) is 0 Å². The van der Waals surface area contributed by atoms with E-state index in [2.05, 4.69) is 14.9 Å². The summed E-state index contributed by atoms with van der Waals surface area (Å²) < 4.78 is 11.2. The Morgan fingerprint density at radius 3 is 3.16 bits per heavy atom. The first kappa shape index (κ1) is 12.8. The molecule has 19 heavy (non-hydrogen) atoms. The summed E-state index contributed by atoms with van der Waals surface area (Å²) in [6.45, 7) is 3.07. The number of aromatic nitrogens is 2. The van der Waals surface area contributed by atoms with Gasteiger partial charge in [0.25, 0.3) is 0 Å². The molecular formula is C13H19N3O3. The van der Waals surface area contributed by atoms with Crippen LogP contribution in [0, 0.1) is 0 Å². The van der Waals surface area contributed by atoms with Gasteiger partial charge in [-0.2, -0.15) is 4.98 Å². The van der Waals surface area contributed by atoms with E-state index in [9.17, 15) is 0 Å². The first-order valence-corrected chi connectivity index (χ1v) is 6.76. The molecule has 3 rings (SSSR count). The summed E-state index contributed by atoms with van der Waals surface area (Å²) in [4.78, 5) is 10.6. The number of rotatable bonds is 5. The summed E-state index contributed by atoms with van der Waals surface area (Å²) >= 11 is 0. The maximum absolute atomic E-state index is 9.00. The molecule has 2 aliphatic rings. The first-order valence-electron chi connectivity index (χ1n) is 6.76. The van der Waals surface area contributed by atoms with Crippen LogP contribution < -0.4 is 4.74 Å². The van der Waals surface area contributed by atoms with Gasteiger partial charge < -0.3 is 14.6 Å². The van der Waals surface area contributed by atoms with Crippen molar-refractivity contribution in [3.63, 3.8) is 0 Å². The molecule has 0 radical (unpaired) electrons. The minimum atomic E-state index is -0.103. The fourth-order valence-electron chi connectivity index (χ4n) is 2.32. The van der Waals surface area contributed by atoms with Crippen molar-refractivity contribution in [2.45, 2.75) is 31.6 Å². The van der Waals surface area contributed by atoms with Crippen LogP contribution in [0.4, 0.5) is 0 Å². The predicted octanol–water partition coefficient (Wildman–Crippen LogP) is 0.211. The molecule has 1 N–H and O–H groups in total. The lowest BCUT2D eigenvalue weighted by molar-refractivity contribution is -0.0517. The highest BCUT2D eigenvalue weighted by atomic mass is 16.5. The summed E-state index contributed by atoms with van der Waals surface area (Å²) in [6, 6.07) is 2.73. The second-order valence-electron chi connectivity index (χ2n) is 5.02. The topological polar surface area (TPSA) is 67.7 Å². The highest BCUT2D eigenvalue weighted by Gasteiger charge is 2.33. The van der Waals surface area contributed by atoms with Crippen LogP contribution in [0.3, 0.4) is 0 Å². The molecule has 1 aliphatic heterocycles. The highest BCUT2D eigenvalue weighted by molar-refractivity contribution is 5.04. The third-order valence-electron chi connectivity index (χ3n) is 3.48. The Kier molecular flexibility index (Phi) is 3.91. The molecule has 1 aromatic heterocycles. The van der Waals surface area contributed by atoms with Gasteiger partial charge in [-0.05, 0) is 18.9 Å². The monoisotopic (exact) mass is 265 g/mol. The molecular weight excluding hydrogens is 246 g/mol. The number of morpholine rings is 1. The molecule has 6 heteroatoms. The van der Waals surface area contributed by atoms with E-state index >= 15 is 0 Å². The van der Waals surface area contributed by atoms with Crippen LogP contribution >= 0.6 is 0 Å². The van der Waals surface area contributed by atoms with Gasteiger partial charge in [-0.1, -0.05) is 0 Å². The molecule has 1 saturated heterocycles. The van der Waals surface area contributed by atoms with Crippen LogP contribution in [0.15, 0.2) is 12.3 Å². The zero-order valence-electron chi connectivity index (χ0n) is 10.9. The molecule has 104 valence electrons. The third-order valence-corrected chi connectivity index (χ3v) is 3.48.